The van der Waals surface area contributed by atoms with Gasteiger partial charge in [0.05, 0.1) is 13.2 Å². The van der Waals surface area contributed by atoms with Crippen molar-refractivity contribution < 1.29 is 9.32 Å². The van der Waals surface area contributed by atoms with E-state index < -0.39 is 5.62 Å². The molecule has 2 aromatic rings. The largest absolute Gasteiger partial charge is 0.327 e. The highest BCUT2D eigenvalue weighted by atomic mass is 32.9. The molecule has 0 radical (unpaired) electrons. The topological polar surface area (TPSA) is 29.5 Å². The summed E-state index contributed by atoms with van der Waals surface area (Å²) in [4.78, 5) is 11.8. The summed E-state index contributed by atoms with van der Waals surface area (Å²) in [5.41, 5.74) is -1.33. The van der Waals surface area contributed by atoms with Gasteiger partial charge in [-0.3, -0.25) is 9.46 Å². The van der Waals surface area contributed by atoms with Gasteiger partial charge in [0.2, 0.25) is 12.0 Å². The first-order valence-corrected chi connectivity index (χ1v) is 12.3. The van der Waals surface area contributed by atoms with Crippen molar-refractivity contribution in [2.24, 2.45) is 0 Å². The molecule has 3 nitrogen and oxygen atoms in total. The number of hydrogen-bond donors (Lipinski definition) is 0. The lowest BCUT2D eigenvalue weighted by atomic mass is 10.0. The van der Waals surface area contributed by atoms with Crippen LogP contribution < -0.4 is 0 Å². The van der Waals surface area contributed by atoms with Crippen molar-refractivity contribution in [1.82, 2.24) is 4.67 Å². The van der Waals surface area contributed by atoms with Crippen molar-refractivity contribution >= 4 is 46.0 Å². The molecule has 0 spiro atoms. The van der Waals surface area contributed by atoms with Gasteiger partial charge < -0.3 is 4.52 Å². The Morgan fingerprint density at radius 2 is 1.96 bits per heavy atom. The molecular weight excluding hydrogens is 357 g/mol. The van der Waals surface area contributed by atoms with E-state index in [-0.39, 0.29) is 0 Å². The lowest BCUT2D eigenvalue weighted by molar-refractivity contribution is -0.114. The zero-order valence-corrected chi connectivity index (χ0v) is 16.9. The third-order valence-corrected chi connectivity index (χ3v) is 10.8. The first-order valence-electron chi connectivity index (χ1n) is 8.16. The Balaban J connectivity index is 2.35. The van der Waals surface area contributed by atoms with Gasteiger partial charge in [-0.1, -0.05) is 67.7 Å². The maximum Gasteiger partial charge on any atom is 0.216 e. The molecule has 2 atom stereocenters. The van der Waals surface area contributed by atoms with Crippen LogP contribution in [0.4, 0.5) is 0 Å². The standard InChI is InChI=1S/C18H24NO2PS2/c1-4-15(3)24-22(23,21-5-2)19(14-20)13-17-11-8-10-16-9-6-7-12-18(16)17/h6-12,14-15H,4-5,13H2,1-3H3. The minimum absolute atomic E-state index is 0.359. The molecule has 0 heterocycles. The zero-order valence-electron chi connectivity index (χ0n) is 14.3. The summed E-state index contributed by atoms with van der Waals surface area (Å²) in [5, 5.41) is 2.68. The Kier molecular flexibility index (Phi) is 7.30. The van der Waals surface area contributed by atoms with Gasteiger partial charge in [-0.2, -0.15) is 0 Å². The lowest BCUT2D eigenvalue weighted by Gasteiger charge is -2.32. The van der Waals surface area contributed by atoms with Crippen molar-refractivity contribution in [2.75, 3.05) is 6.61 Å². The van der Waals surface area contributed by atoms with Crippen molar-refractivity contribution in [3.05, 3.63) is 48.0 Å². The highest BCUT2D eigenvalue weighted by Crippen LogP contribution is 2.64. The third kappa shape index (κ3) is 4.60. The molecule has 0 bridgehead atoms. The van der Waals surface area contributed by atoms with E-state index in [0.29, 0.717) is 18.4 Å². The molecule has 0 fully saturated rings. The minimum Gasteiger partial charge on any atom is -0.327 e. The normalized spacial score (nSPS) is 15.0. The molecule has 0 aromatic heterocycles. The molecule has 24 heavy (non-hydrogen) atoms. The highest BCUT2D eigenvalue weighted by molar-refractivity contribution is 8.69. The van der Waals surface area contributed by atoms with Crippen molar-refractivity contribution in [2.45, 2.75) is 39.0 Å². The number of nitrogens with zero attached hydrogens (tertiary/aromatic N) is 1. The maximum absolute atomic E-state index is 11.8. The van der Waals surface area contributed by atoms with Crippen LogP contribution in [-0.2, 0) is 27.7 Å². The Morgan fingerprint density at radius 1 is 1.25 bits per heavy atom. The van der Waals surface area contributed by atoms with E-state index in [1.807, 2.05) is 25.1 Å². The summed E-state index contributed by atoms with van der Waals surface area (Å²) in [6.45, 7) is 7.18. The molecule has 2 unspecified atom stereocenters. The second-order valence-electron chi connectivity index (χ2n) is 5.55. The van der Waals surface area contributed by atoms with Crippen LogP contribution in [0.2, 0.25) is 0 Å². The van der Waals surface area contributed by atoms with Crippen LogP contribution in [0.15, 0.2) is 42.5 Å². The molecule has 0 aliphatic carbocycles. The molecule has 2 aromatic carbocycles. The number of carbonyl (C=O) groups is 1. The summed E-state index contributed by atoms with van der Waals surface area (Å²) in [6, 6.07) is 14.4. The second-order valence-corrected chi connectivity index (χ2v) is 12.6. The predicted octanol–water partition coefficient (Wildman–Crippen LogP) is 5.59. The number of carbonyl (C=O) groups excluding carboxylic acids is 1. The third-order valence-electron chi connectivity index (χ3n) is 3.83. The first kappa shape index (κ1) is 19.5. The lowest BCUT2D eigenvalue weighted by Crippen LogP contribution is -2.19. The molecule has 0 saturated heterocycles. The van der Waals surface area contributed by atoms with E-state index in [9.17, 15) is 4.79 Å². The Morgan fingerprint density at radius 3 is 2.62 bits per heavy atom. The van der Waals surface area contributed by atoms with Gasteiger partial charge in [0.15, 0.2) is 0 Å². The van der Waals surface area contributed by atoms with Crippen LogP contribution in [0.1, 0.15) is 32.8 Å². The molecule has 130 valence electrons. The first-order chi connectivity index (χ1) is 11.5. The molecule has 0 aliphatic heterocycles. The summed E-state index contributed by atoms with van der Waals surface area (Å²) < 4.78 is 7.62. The smallest absolute Gasteiger partial charge is 0.216 e. The fourth-order valence-electron chi connectivity index (χ4n) is 2.42. The number of benzene rings is 2. The molecule has 0 N–H and O–H groups in total. The van der Waals surface area contributed by atoms with E-state index in [2.05, 4.69) is 38.1 Å². The van der Waals surface area contributed by atoms with E-state index in [1.54, 1.807) is 16.1 Å². The van der Waals surface area contributed by atoms with Crippen LogP contribution >= 0.6 is 17.0 Å². The van der Waals surface area contributed by atoms with Crippen LogP contribution in [0.5, 0.6) is 0 Å². The fourth-order valence-corrected chi connectivity index (χ4v) is 9.01. The van der Waals surface area contributed by atoms with Gasteiger partial charge in [0.25, 0.3) is 0 Å². The van der Waals surface area contributed by atoms with Crippen molar-refractivity contribution in [3.8, 4) is 0 Å². The van der Waals surface area contributed by atoms with E-state index >= 15 is 0 Å². The average Bonchev–Trinajstić information content (AvgIpc) is 2.59. The van der Waals surface area contributed by atoms with Gasteiger partial charge in [-0.15, -0.1) is 0 Å². The summed E-state index contributed by atoms with van der Waals surface area (Å²) in [7, 11) is 0. The quantitative estimate of drug-likeness (QED) is 0.418. The van der Waals surface area contributed by atoms with Gasteiger partial charge in [-0.25, -0.2) is 0 Å². The van der Waals surface area contributed by atoms with Gasteiger partial charge in [0, 0.05) is 5.25 Å². The van der Waals surface area contributed by atoms with E-state index in [1.165, 1.54) is 5.39 Å². The maximum atomic E-state index is 11.8. The average molecular weight is 382 g/mol. The van der Waals surface area contributed by atoms with Crippen LogP contribution in [-0.4, -0.2) is 22.9 Å². The highest BCUT2D eigenvalue weighted by Gasteiger charge is 2.29. The minimum atomic E-state index is -2.43. The zero-order chi connectivity index (χ0) is 17.6. The number of hydrogen-bond acceptors (Lipinski definition) is 4. The SMILES string of the molecule is CCOP(=S)(SC(C)CC)N(C=O)Cc1cccc2ccccc12. The van der Waals surface area contributed by atoms with Crippen molar-refractivity contribution in [1.29, 1.82) is 0 Å². The second kappa shape index (κ2) is 9.00. The van der Waals surface area contributed by atoms with Crippen LogP contribution in [0.3, 0.4) is 0 Å². The monoisotopic (exact) mass is 381 g/mol. The molecule has 6 heteroatoms. The molecule has 0 aliphatic rings. The van der Waals surface area contributed by atoms with Gasteiger partial charge in [-0.05, 0) is 41.5 Å². The fraction of sp³-hybridized carbons (Fsp3) is 0.389. The Hall–Kier alpha value is -0.870. The summed E-state index contributed by atoms with van der Waals surface area (Å²) in [6.07, 6.45) is 1.85. The van der Waals surface area contributed by atoms with Crippen molar-refractivity contribution in [3.63, 3.8) is 0 Å². The molecular formula is C18H24NO2PS2. The molecule has 0 saturated carbocycles. The summed E-state index contributed by atoms with van der Waals surface area (Å²) in [5.74, 6) is 0. The Bertz CT molecular complexity index is 733. The van der Waals surface area contributed by atoms with Gasteiger partial charge in [0.1, 0.15) is 0 Å². The van der Waals surface area contributed by atoms with E-state index in [4.69, 9.17) is 16.3 Å². The molecule has 1 amide bonds. The Labute approximate surface area is 153 Å². The number of rotatable bonds is 9. The van der Waals surface area contributed by atoms with Gasteiger partial charge >= 0.3 is 0 Å². The predicted molar refractivity (Wildman–Crippen MR) is 109 cm³/mol. The van der Waals surface area contributed by atoms with Crippen LogP contribution in [0, 0.1) is 0 Å². The summed E-state index contributed by atoms with van der Waals surface area (Å²) >= 11 is 7.46. The van der Waals surface area contributed by atoms with E-state index in [0.717, 1.165) is 23.8 Å². The van der Waals surface area contributed by atoms with Crippen LogP contribution in [0.25, 0.3) is 10.8 Å². The number of amides is 1. The molecule has 2 rings (SSSR count). The number of fused-ring (bicyclic) bond motifs is 1.